The zero-order chi connectivity index (χ0) is 13.9. The molecule has 0 bridgehead atoms. The summed E-state index contributed by atoms with van der Waals surface area (Å²) in [5.74, 6) is 2.29. The summed E-state index contributed by atoms with van der Waals surface area (Å²) in [7, 11) is 1.65. The van der Waals surface area contributed by atoms with Gasteiger partial charge in [0.05, 0.1) is 12.7 Å². The van der Waals surface area contributed by atoms with Gasteiger partial charge in [-0.3, -0.25) is 0 Å². The summed E-state index contributed by atoms with van der Waals surface area (Å²) in [6.45, 7) is 1.64. The Bertz CT molecular complexity index is 589. The van der Waals surface area contributed by atoms with Crippen molar-refractivity contribution < 1.29 is 14.0 Å². The summed E-state index contributed by atoms with van der Waals surface area (Å²) >= 11 is 0. The van der Waals surface area contributed by atoms with E-state index in [9.17, 15) is 0 Å². The van der Waals surface area contributed by atoms with E-state index < -0.39 is 0 Å². The lowest BCUT2D eigenvalue weighted by Gasteiger charge is -2.23. The van der Waals surface area contributed by atoms with E-state index in [0.29, 0.717) is 17.5 Å². The Labute approximate surface area is 117 Å². The van der Waals surface area contributed by atoms with Crippen LogP contribution in [0.3, 0.4) is 0 Å². The Kier molecular flexibility index (Phi) is 3.60. The highest BCUT2D eigenvalue weighted by atomic mass is 16.5. The Morgan fingerprint density at radius 1 is 1.25 bits per heavy atom. The average molecular weight is 274 g/mol. The second-order valence-corrected chi connectivity index (χ2v) is 4.96. The minimum atomic E-state index is 0.374. The van der Waals surface area contributed by atoms with Crippen LogP contribution in [0.2, 0.25) is 0 Å². The molecule has 5 nitrogen and oxygen atoms in total. The zero-order valence-electron chi connectivity index (χ0n) is 11.5. The third kappa shape index (κ3) is 2.49. The summed E-state index contributed by atoms with van der Waals surface area (Å²) in [5.41, 5.74) is 7.79. The Balaban J connectivity index is 1.98. The minimum Gasteiger partial charge on any atom is -0.496 e. The number of hydrogen-bond acceptors (Lipinski definition) is 5. The first-order valence-corrected chi connectivity index (χ1v) is 6.76. The second kappa shape index (κ2) is 5.54. The predicted octanol–water partition coefficient (Wildman–Crippen LogP) is 2.83. The van der Waals surface area contributed by atoms with Crippen molar-refractivity contribution in [3.05, 3.63) is 29.8 Å². The van der Waals surface area contributed by atoms with Crippen LogP contribution in [0.25, 0.3) is 11.3 Å². The number of hydrogen-bond donors (Lipinski definition) is 1. The topological polar surface area (TPSA) is 70.5 Å². The molecule has 2 heterocycles. The van der Waals surface area contributed by atoms with E-state index in [1.54, 1.807) is 13.2 Å². The number of benzene rings is 1. The van der Waals surface area contributed by atoms with Gasteiger partial charge in [0.2, 0.25) is 0 Å². The van der Waals surface area contributed by atoms with Crippen LogP contribution in [0.5, 0.6) is 5.75 Å². The Morgan fingerprint density at radius 2 is 2.05 bits per heavy atom. The van der Waals surface area contributed by atoms with Gasteiger partial charge >= 0.3 is 0 Å². The van der Waals surface area contributed by atoms with Gasteiger partial charge in [-0.2, -0.15) is 0 Å². The molecule has 0 radical (unpaired) electrons. The maximum atomic E-state index is 5.63. The third-order valence-corrected chi connectivity index (χ3v) is 3.71. The van der Waals surface area contributed by atoms with Crippen LogP contribution in [0.1, 0.15) is 24.3 Å². The van der Waals surface area contributed by atoms with Gasteiger partial charge in [-0.05, 0) is 36.5 Å². The van der Waals surface area contributed by atoms with Gasteiger partial charge in [0.1, 0.15) is 5.75 Å². The average Bonchev–Trinajstić information content (AvgIpc) is 2.94. The normalized spacial score (nSPS) is 16.2. The predicted molar refractivity (Wildman–Crippen MR) is 75.7 cm³/mol. The lowest BCUT2D eigenvalue weighted by molar-refractivity contribution is 0.0853. The first-order valence-electron chi connectivity index (χ1n) is 6.76. The molecule has 2 N–H and O–H groups in total. The van der Waals surface area contributed by atoms with Gasteiger partial charge in [-0.15, -0.1) is 0 Å². The van der Waals surface area contributed by atoms with Crippen molar-refractivity contribution in [1.82, 2.24) is 5.16 Å². The van der Waals surface area contributed by atoms with Crippen molar-refractivity contribution in [3.63, 3.8) is 0 Å². The molecule has 0 atom stereocenters. The van der Waals surface area contributed by atoms with E-state index in [2.05, 4.69) is 17.3 Å². The number of rotatable bonds is 3. The molecule has 1 aliphatic heterocycles. The molecule has 1 saturated heterocycles. The van der Waals surface area contributed by atoms with Crippen LogP contribution in [-0.2, 0) is 4.74 Å². The first kappa shape index (κ1) is 13.0. The van der Waals surface area contributed by atoms with Crippen molar-refractivity contribution in [1.29, 1.82) is 0 Å². The van der Waals surface area contributed by atoms with E-state index in [0.717, 1.165) is 37.4 Å². The summed E-state index contributed by atoms with van der Waals surface area (Å²) in [5, 5.41) is 3.74. The Morgan fingerprint density at radius 3 is 2.70 bits per heavy atom. The lowest BCUT2D eigenvalue weighted by Crippen LogP contribution is -2.14. The highest BCUT2D eigenvalue weighted by Crippen LogP contribution is 2.36. The highest BCUT2D eigenvalue weighted by molar-refractivity contribution is 5.68. The van der Waals surface area contributed by atoms with Crippen LogP contribution in [0.15, 0.2) is 28.8 Å². The van der Waals surface area contributed by atoms with Crippen molar-refractivity contribution in [2.24, 2.45) is 0 Å². The standard InChI is InChI=1S/C15H18N2O3/c1-18-13-3-2-11(10-4-6-19-7-5-10)8-12(13)14-9-15(16)17-20-14/h2-3,8-10H,4-7H2,1H3,(H2,16,17). The fourth-order valence-electron chi connectivity index (χ4n) is 2.62. The molecule has 106 valence electrons. The molecule has 3 rings (SSSR count). The van der Waals surface area contributed by atoms with Gasteiger partial charge in [-0.25, -0.2) is 0 Å². The van der Waals surface area contributed by atoms with Crippen molar-refractivity contribution in [3.8, 4) is 17.1 Å². The van der Waals surface area contributed by atoms with Crippen LogP contribution in [-0.4, -0.2) is 25.5 Å². The van der Waals surface area contributed by atoms with Gasteiger partial charge in [0.25, 0.3) is 0 Å². The van der Waals surface area contributed by atoms with E-state index in [1.807, 2.05) is 6.07 Å². The first-order chi connectivity index (χ1) is 9.78. The van der Waals surface area contributed by atoms with Crippen LogP contribution < -0.4 is 10.5 Å². The number of nitrogens with two attached hydrogens (primary N) is 1. The lowest BCUT2D eigenvalue weighted by atomic mass is 9.90. The van der Waals surface area contributed by atoms with Gasteiger partial charge in [-0.1, -0.05) is 11.2 Å². The second-order valence-electron chi connectivity index (χ2n) is 4.96. The molecule has 2 aromatic rings. The van der Waals surface area contributed by atoms with Crippen LogP contribution in [0, 0.1) is 0 Å². The van der Waals surface area contributed by atoms with Gasteiger partial charge < -0.3 is 19.7 Å². The molecule has 1 aromatic carbocycles. The van der Waals surface area contributed by atoms with Crippen molar-refractivity contribution in [2.45, 2.75) is 18.8 Å². The largest absolute Gasteiger partial charge is 0.496 e. The monoisotopic (exact) mass is 274 g/mol. The molecule has 1 aromatic heterocycles. The molecule has 1 aliphatic rings. The molecule has 5 heteroatoms. The Hall–Kier alpha value is -2.01. The molecule has 0 spiro atoms. The van der Waals surface area contributed by atoms with Crippen molar-refractivity contribution >= 4 is 5.82 Å². The smallest absolute Gasteiger partial charge is 0.172 e. The molecule has 20 heavy (non-hydrogen) atoms. The van der Waals surface area contributed by atoms with Gasteiger partial charge in [0, 0.05) is 19.3 Å². The summed E-state index contributed by atoms with van der Waals surface area (Å²) in [6.07, 6.45) is 2.09. The number of anilines is 1. The SMILES string of the molecule is COc1ccc(C2CCOCC2)cc1-c1cc(N)no1. The fourth-order valence-corrected chi connectivity index (χ4v) is 2.62. The molecule has 0 aliphatic carbocycles. The zero-order valence-corrected chi connectivity index (χ0v) is 11.5. The number of nitrogens with zero attached hydrogens (tertiary/aromatic N) is 1. The number of nitrogen functional groups attached to an aromatic ring is 1. The molecule has 0 amide bonds. The summed E-state index contributed by atoms with van der Waals surface area (Å²) in [4.78, 5) is 0. The number of ether oxygens (including phenoxy) is 2. The maximum absolute atomic E-state index is 5.63. The molecule has 0 unspecified atom stereocenters. The summed E-state index contributed by atoms with van der Waals surface area (Å²) < 4.78 is 16.1. The van der Waals surface area contributed by atoms with E-state index in [1.165, 1.54) is 5.56 Å². The quantitative estimate of drug-likeness (QED) is 0.931. The summed E-state index contributed by atoms with van der Waals surface area (Å²) in [6, 6.07) is 7.90. The highest BCUT2D eigenvalue weighted by Gasteiger charge is 2.19. The van der Waals surface area contributed by atoms with E-state index in [-0.39, 0.29) is 0 Å². The maximum Gasteiger partial charge on any atom is 0.172 e. The fraction of sp³-hybridized carbons (Fsp3) is 0.400. The van der Waals surface area contributed by atoms with E-state index in [4.69, 9.17) is 19.7 Å². The molecular formula is C15H18N2O3. The molecule has 1 fully saturated rings. The number of aromatic nitrogens is 1. The number of methoxy groups -OCH3 is 1. The third-order valence-electron chi connectivity index (χ3n) is 3.71. The molecular weight excluding hydrogens is 256 g/mol. The van der Waals surface area contributed by atoms with Gasteiger partial charge in [0.15, 0.2) is 11.6 Å². The van der Waals surface area contributed by atoms with Crippen LogP contribution in [0.4, 0.5) is 5.82 Å². The minimum absolute atomic E-state index is 0.374. The van der Waals surface area contributed by atoms with Crippen LogP contribution >= 0.6 is 0 Å². The van der Waals surface area contributed by atoms with E-state index >= 15 is 0 Å². The van der Waals surface area contributed by atoms with Crippen molar-refractivity contribution in [2.75, 3.05) is 26.1 Å². The molecule has 0 saturated carbocycles.